The number of esters is 3. The molecule has 0 fully saturated rings. The van der Waals surface area contributed by atoms with E-state index in [0.717, 1.165) is 5.56 Å². The van der Waals surface area contributed by atoms with Crippen LogP contribution in [0.3, 0.4) is 0 Å². The molecule has 0 saturated carbocycles. The van der Waals surface area contributed by atoms with Gasteiger partial charge in [-0.05, 0) is 25.3 Å². The van der Waals surface area contributed by atoms with Gasteiger partial charge in [0.25, 0.3) is 0 Å². The first-order chi connectivity index (χ1) is 11.5. The molecule has 0 saturated heterocycles. The first kappa shape index (κ1) is 19.7. The molecule has 0 bridgehead atoms. The average Bonchev–Trinajstić information content (AvgIpc) is 2.54. The molecule has 24 heavy (non-hydrogen) atoms. The summed E-state index contributed by atoms with van der Waals surface area (Å²) in [4.78, 5) is 35.9. The minimum atomic E-state index is -1.13. The Morgan fingerprint density at radius 3 is 1.96 bits per heavy atom. The maximum atomic E-state index is 12.0. The molecule has 0 radical (unpaired) electrons. The van der Waals surface area contributed by atoms with Gasteiger partial charge in [-0.1, -0.05) is 37.3 Å². The molecule has 1 unspecified atom stereocenters. The monoisotopic (exact) mass is 336 g/mol. The summed E-state index contributed by atoms with van der Waals surface area (Å²) in [7, 11) is 0. The van der Waals surface area contributed by atoms with E-state index in [4.69, 9.17) is 14.2 Å². The Bertz CT molecular complexity index is 522. The van der Waals surface area contributed by atoms with E-state index >= 15 is 0 Å². The number of hydrogen-bond acceptors (Lipinski definition) is 6. The van der Waals surface area contributed by atoms with E-state index in [9.17, 15) is 14.4 Å². The molecular formula is C18H24O6. The minimum Gasteiger partial charge on any atom is -0.465 e. The topological polar surface area (TPSA) is 78.9 Å². The molecule has 1 atom stereocenters. The summed E-state index contributed by atoms with van der Waals surface area (Å²) in [5.74, 6) is -3.55. The van der Waals surface area contributed by atoms with Gasteiger partial charge in [-0.3, -0.25) is 14.4 Å². The van der Waals surface area contributed by atoms with Crippen LogP contribution in [0, 0.1) is 11.8 Å². The zero-order valence-electron chi connectivity index (χ0n) is 14.3. The fraction of sp³-hybridized carbons (Fsp3) is 0.500. The molecule has 1 aromatic carbocycles. The summed E-state index contributed by atoms with van der Waals surface area (Å²) in [6.45, 7) is 5.38. The van der Waals surface area contributed by atoms with E-state index in [1.807, 2.05) is 30.3 Å². The molecule has 132 valence electrons. The zero-order chi connectivity index (χ0) is 17.9. The lowest BCUT2D eigenvalue weighted by Crippen LogP contribution is -2.34. The highest BCUT2D eigenvalue weighted by Crippen LogP contribution is 2.20. The Balaban J connectivity index is 2.62. The van der Waals surface area contributed by atoms with Crippen LogP contribution in [-0.4, -0.2) is 31.1 Å². The van der Waals surface area contributed by atoms with Crippen molar-refractivity contribution < 1.29 is 28.6 Å². The van der Waals surface area contributed by atoms with Crippen molar-refractivity contribution in [2.24, 2.45) is 11.8 Å². The molecule has 1 rings (SSSR count). The Hall–Kier alpha value is -2.37. The Morgan fingerprint density at radius 2 is 1.46 bits per heavy atom. The van der Waals surface area contributed by atoms with Crippen molar-refractivity contribution in [3.05, 3.63) is 35.9 Å². The second-order valence-corrected chi connectivity index (χ2v) is 5.31. The van der Waals surface area contributed by atoms with Crippen molar-refractivity contribution >= 4 is 17.9 Å². The lowest BCUT2D eigenvalue weighted by atomic mass is 9.91. The predicted octanol–water partition coefficient (Wildman–Crippen LogP) is 2.50. The molecule has 0 aliphatic rings. The highest BCUT2D eigenvalue weighted by atomic mass is 16.6. The number of rotatable bonds is 9. The van der Waals surface area contributed by atoms with E-state index in [1.54, 1.807) is 20.8 Å². The molecule has 6 heteroatoms. The van der Waals surface area contributed by atoms with Crippen LogP contribution in [-0.2, 0) is 35.2 Å². The van der Waals surface area contributed by atoms with Crippen LogP contribution in [0.25, 0.3) is 0 Å². The molecule has 0 N–H and O–H groups in total. The maximum absolute atomic E-state index is 12.0. The molecule has 0 aliphatic heterocycles. The highest BCUT2D eigenvalue weighted by Gasteiger charge is 2.36. The molecule has 6 nitrogen and oxygen atoms in total. The lowest BCUT2D eigenvalue weighted by Gasteiger charge is -2.20. The maximum Gasteiger partial charge on any atom is 0.320 e. The van der Waals surface area contributed by atoms with Gasteiger partial charge in [-0.15, -0.1) is 0 Å². The van der Waals surface area contributed by atoms with Crippen molar-refractivity contribution in [3.63, 3.8) is 0 Å². The fourth-order valence-electron chi connectivity index (χ4n) is 2.20. The van der Waals surface area contributed by atoms with Gasteiger partial charge in [0.15, 0.2) is 5.92 Å². The SMILES string of the molecule is CCOC(=O)C(C(=O)OCC)C(C)CC(=O)OCc1ccccc1. The normalized spacial score (nSPS) is 11.7. The van der Waals surface area contributed by atoms with E-state index in [-0.39, 0.29) is 26.2 Å². The second-order valence-electron chi connectivity index (χ2n) is 5.31. The second kappa shape index (κ2) is 10.4. The summed E-state index contributed by atoms with van der Waals surface area (Å²) >= 11 is 0. The summed E-state index contributed by atoms with van der Waals surface area (Å²) in [6, 6.07) is 9.26. The average molecular weight is 336 g/mol. The third kappa shape index (κ3) is 6.40. The van der Waals surface area contributed by atoms with E-state index in [0.29, 0.717) is 0 Å². The largest absolute Gasteiger partial charge is 0.465 e. The van der Waals surface area contributed by atoms with Crippen LogP contribution in [0.2, 0.25) is 0 Å². The first-order valence-corrected chi connectivity index (χ1v) is 8.02. The third-order valence-corrected chi connectivity index (χ3v) is 3.38. The van der Waals surface area contributed by atoms with Crippen LogP contribution in [0.5, 0.6) is 0 Å². The van der Waals surface area contributed by atoms with Gasteiger partial charge >= 0.3 is 17.9 Å². The number of hydrogen-bond donors (Lipinski definition) is 0. The molecule has 0 aromatic heterocycles. The first-order valence-electron chi connectivity index (χ1n) is 8.02. The van der Waals surface area contributed by atoms with Crippen LogP contribution in [0.1, 0.15) is 32.8 Å². The number of carbonyl (C=O) groups is 3. The third-order valence-electron chi connectivity index (χ3n) is 3.38. The smallest absolute Gasteiger partial charge is 0.320 e. The summed E-state index contributed by atoms with van der Waals surface area (Å²) in [6.07, 6.45) is -0.0743. The summed E-state index contributed by atoms with van der Waals surface area (Å²) < 4.78 is 15.0. The number of benzene rings is 1. The Labute approximate surface area is 142 Å². The lowest BCUT2D eigenvalue weighted by molar-refractivity contribution is -0.165. The van der Waals surface area contributed by atoms with Crippen molar-refractivity contribution in [3.8, 4) is 0 Å². The van der Waals surface area contributed by atoms with Gasteiger partial charge < -0.3 is 14.2 Å². The van der Waals surface area contributed by atoms with Gasteiger partial charge in [0.2, 0.25) is 0 Å². The Kier molecular flexibility index (Phi) is 8.54. The standard InChI is InChI=1S/C18H24O6/c1-4-22-17(20)16(18(21)23-5-2)13(3)11-15(19)24-12-14-9-7-6-8-10-14/h6-10,13,16H,4-5,11-12H2,1-3H3. The van der Waals surface area contributed by atoms with Gasteiger partial charge in [0.05, 0.1) is 13.2 Å². The highest BCUT2D eigenvalue weighted by molar-refractivity contribution is 5.95. The predicted molar refractivity (Wildman–Crippen MR) is 86.8 cm³/mol. The van der Waals surface area contributed by atoms with Crippen molar-refractivity contribution in [2.45, 2.75) is 33.8 Å². The van der Waals surface area contributed by atoms with Crippen molar-refractivity contribution in [1.29, 1.82) is 0 Å². The van der Waals surface area contributed by atoms with E-state index in [2.05, 4.69) is 0 Å². The zero-order valence-corrected chi connectivity index (χ0v) is 14.3. The molecule has 0 amide bonds. The van der Waals surface area contributed by atoms with Crippen LogP contribution in [0.15, 0.2) is 30.3 Å². The van der Waals surface area contributed by atoms with Gasteiger partial charge in [-0.2, -0.15) is 0 Å². The summed E-state index contributed by atoms with van der Waals surface area (Å²) in [5.41, 5.74) is 0.867. The van der Waals surface area contributed by atoms with E-state index < -0.39 is 29.7 Å². The minimum absolute atomic E-state index is 0.0743. The number of ether oxygens (including phenoxy) is 3. The molecule has 0 spiro atoms. The molecule has 1 aromatic rings. The van der Waals surface area contributed by atoms with Gasteiger partial charge in [0.1, 0.15) is 6.61 Å². The fourth-order valence-corrected chi connectivity index (χ4v) is 2.20. The van der Waals surface area contributed by atoms with Gasteiger partial charge in [0, 0.05) is 6.42 Å². The Morgan fingerprint density at radius 1 is 0.917 bits per heavy atom. The molecule has 0 aliphatic carbocycles. The summed E-state index contributed by atoms with van der Waals surface area (Å²) in [5, 5.41) is 0. The van der Waals surface area contributed by atoms with Crippen molar-refractivity contribution in [1.82, 2.24) is 0 Å². The van der Waals surface area contributed by atoms with Crippen LogP contribution in [0.4, 0.5) is 0 Å². The number of carbonyl (C=O) groups excluding carboxylic acids is 3. The molecule has 0 heterocycles. The van der Waals surface area contributed by atoms with Crippen LogP contribution >= 0.6 is 0 Å². The van der Waals surface area contributed by atoms with Gasteiger partial charge in [-0.25, -0.2) is 0 Å². The quantitative estimate of drug-likeness (QED) is 0.392. The van der Waals surface area contributed by atoms with Crippen molar-refractivity contribution in [2.75, 3.05) is 13.2 Å². The van der Waals surface area contributed by atoms with Crippen LogP contribution < -0.4 is 0 Å². The van der Waals surface area contributed by atoms with E-state index in [1.165, 1.54) is 0 Å². The molecular weight excluding hydrogens is 312 g/mol.